The molecule has 0 N–H and O–H groups in total. The molecule has 0 spiro atoms. The molecule has 10 nitrogen and oxygen atoms in total. The van der Waals surface area contributed by atoms with E-state index < -0.39 is 42.4 Å². The molecule has 1 aromatic rings. The lowest BCUT2D eigenvalue weighted by Crippen LogP contribution is -2.38. The Labute approximate surface area is 155 Å². The van der Waals surface area contributed by atoms with Gasteiger partial charge in [-0.3, -0.25) is 9.59 Å². The first-order chi connectivity index (χ1) is 12.8. The number of nitrogens with zero attached hydrogens (tertiary/aromatic N) is 3. The summed E-state index contributed by atoms with van der Waals surface area (Å²) in [6.07, 6.45) is -3.38. The van der Waals surface area contributed by atoms with Crippen molar-refractivity contribution in [1.82, 2.24) is 0 Å². The van der Waals surface area contributed by atoms with Gasteiger partial charge in [-0.1, -0.05) is 22.8 Å². The number of rotatable bonds is 6. The third kappa shape index (κ3) is 5.44. The third-order valence-corrected chi connectivity index (χ3v) is 3.73. The molecule has 1 heterocycles. The first-order valence-electron chi connectivity index (χ1n) is 8.09. The van der Waals surface area contributed by atoms with Gasteiger partial charge in [-0.25, -0.2) is 4.79 Å². The first-order valence-corrected chi connectivity index (χ1v) is 8.09. The minimum atomic E-state index is -1.27. The predicted molar refractivity (Wildman–Crippen MR) is 90.4 cm³/mol. The summed E-state index contributed by atoms with van der Waals surface area (Å²) < 4.78 is 20.8. The minimum absolute atomic E-state index is 0.286. The van der Waals surface area contributed by atoms with Crippen molar-refractivity contribution in [2.45, 2.75) is 45.3 Å². The number of esters is 3. The molecule has 1 aromatic carbocycles. The van der Waals surface area contributed by atoms with Crippen molar-refractivity contribution >= 4 is 17.9 Å². The SMILES string of the molecule is CC(=O)OC1[C@@H](OC(C)=O)O[C@@H](COC(=O)c2ccc(C)cc2)[C@H]1N=[N+]=[N-]. The lowest BCUT2D eigenvalue weighted by atomic mass is 10.1. The van der Waals surface area contributed by atoms with Crippen LogP contribution in [-0.2, 0) is 28.5 Å². The summed E-state index contributed by atoms with van der Waals surface area (Å²) in [5.41, 5.74) is 10.1. The summed E-state index contributed by atoms with van der Waals surface area (Å²) in [4.78, 5) is 37.4. The zero-order chi connectivity index (χ0) is 20.0. The van der Waals surface area contributed by atoms with Gasteiger partial charge < -0.3 is 18.9 Å². The van der Waals surface area contributed by atoms with Gasteiger partial charge in [0.1, 0.15) is 18.8 Å². The number of azide groups is 1. The Kier molecular flexibility index (Phi) is 6.75. The monoisotopic (exact) mass is 377 g/mol. The summed E-state index contributed by atoms with van der Waals surface area (Å²) in [5, 5.41) is 3.56. The maximum atomic E-state index is 12.1. The van der Waals surface area contributed by atoms with Crippen LogP contribution in [0.25, 0.3) is 10.4 Å². The highest BCUT2D eigenvalue weighted by molar-refractivity contribution is 5.89. The number of ether oxygens (including phenoxy) is 4. The second-order valence-corrected chi connectivity index (χ2v) is 5.89. The second-order valence-electron chi connectivity index (χ2n) is 5.89. The molecule has 10 heteroatoms. The summed E-state index contributed by atoms with van der Waals surface area (Å²) in [6.45, 7) is 3.91. The molecule has 0 amide bonds. The fourth-order valence-corrected chi connectivity index (χ4v) is 2.55. The maximum absolute atomic E-state index is 12.1. The van der Waals surface area contributed by atoms with Gasteiger partial charge in [0.25, 0.3) is 0 Å². The Hall–Kier alpha value is -3.10. The van der Waals surface area contributed by atoms with Crippen molar-refractivity contribution in [3.8, 4) is 0 Å². The van der Waals surface area contributed by atoms with Crippen LogP contribution in [-0.4, -0.2) is 49.1 Å². The maximum Gasteiger partial charge on any atom is 0.338 e. The Balaban J connectivity index is 2.11. The molecule has 0 aliphatic carbocycles. The molecule has 27 heavy (non-hydrogen) atoms. The number of hydrogen-bond acceptors (Lipinski definition) is 8. The zero-order valence-corrected chi connectivity index (χ0v) is 15.0. The highest BCUT2D eigenvalue weighted by Gasteiger charge is 2.49. The van der Waals surface area contributed by atoms with Gasteiger partial charge in [-0.15, -0.1) is 0 Å². The molecular weight excluding hydrogens is 358 g/mol. The lowest BCUT2D eigenvalue weighted by molar-refractivity contribution is -0.195. The van der Waals surface area contributed by atoms with Crippen LogP contribution in [0.3, 0.4) is 0 Å². The highest BCUT2D eigenvalue weighted by atomic mass is 16.7. The standard InChI is InChI=1S/C17H19N3O7/c1-9-4-6-12(7-5-9)16(23)24-8-13-14(19-20-18)15(25-10(2)21)17(27-13)26-11(3)22/h4-7,13-15,17H,8H2,1-3H3/t13-,14+,15?,17-/m0/s1. The molecule has 4 atom stereocenters. The smallest absolute Gasteiger partial charge is 0.338 e. The largest absolute Gasteiger partial charge is 0.459 e. The molecule has 0 radical (unpaired) electrons. The van der Waals surface area contributed by atoms with E-state index >= 15 is 0 Å². The van der Waals surface area contributed by atoms with Crippen molar-refractivity contribution < 1.29 is 33.3 Å². The van der Waals surface area contributed by atoms with E-state index in [9.17, 15) is 14.4 Å². The summed E-state index contributed by atoms with van der Waals surface area (Å²) in [5.74, 6) is -1.94. The lowest BCUT2D eigenvalue weighted by Gasteiger charge is -2.19. The first kappa shape index (κ1) is 20.2. The highest BCUT2D eigenvalue weighted by Crippen LogP contribution is 2.28. The molecule has 2 rings (SSSR count). The second kappa shape index (κ2) is 9.02. The van der Waals surface area contributed by atoms with Crippen molar-refractivity contribution in [2.75, 3.05) is 6.61 Å². The normalized spacial score (nSPS) is 23.8. The summed E-state index contributed by atoms with van der Waals surface area (Å²) in [6, 6.07) is 5.72. The Morgan fingerprint density at radius 1 is 1.15 bits per heavy atom. The predicted octanol–water partition coefficient (Wildman–Crippen LogP) is 2.05. The Morgan fingerprint density at radius 2 is 1.78 bits per heavy atom. The van der Waals surface area contributed by atoms with Gasteiger partial charge in [-0.2, -0.15) is 0 Å². The van der Waals surface area contributed by atoms with E-state index in [4.69, 9.17) is 24.5 Å². The number of benzene rings is 1. The molecular formula is C17H19N3O7. The van der Waals surface area contributed by atoms with Gasteiger partial charge in [0, 0.05) is 18.8 Å². The van der Waals surface area contributed by atoms with Crippen LogP contribution in [0.5, 0.6) is 0 Å². The molecule has 1 aliphatic heterocycles. The number of aryl methyl sites for hydroxylation is 1. The van der Waals surface area contributed by atoms with E-state index in [0.29, 0.717) is 5.56 Å². The van der Waals surface area contributed by atoms with Crippen molar-refractivity contribution in [2.24, 2.45) is 5.11 Å². The zero-order valence-electron chi connectivity index (χ0n) is 15.0. The molecule has 0 bridgehead atoms. The molecule has 1 unspecified atom stereocenters. The van der Waals surface area contributed by atoms with Gasteiger partial charge in [-0.05, 0) is 24.6 Å². The van der Waals surface area contributed by atoms with E-state index in [1.807, 2.05) is 6.92 Å². The van der Waals surface area contributed by atoms with Crippen LogP contribution in [0.2, 0.25) is 0 Å². The van der Waals surface area contributed by atoms with E-state index in [1.165, 1.54) is 0 Å². The van der Waals surface area contributed by atoms with E-state index in [0.717, 1.165) is 19.4 Å². The molecule has 0 aromatic heterocycles. The van der Waals surface area contributed by atoms with Crippen molar-refractivity contribution in [1.29, 1.82) is 0 Å². The number of carbonyl (C=O) groups excluding carboxylic acids is 3. The van der Waals surface area contributed by atoms with Crippen LogP contribution < -0.4 is 0 Å². The quantitative estimate of drug-likeness (QED) is 0.243. The van der Waals surface area contributed by atoms with Gasteiger partial charge in [0.15, 0.2) is 6.10 Å². The van der Waals surface area contributed by atoms with E-state index in [2.05, 4.69) is 10.0 Å². The number of carbonyl (C=O) groups is 3. The molecule has 1 saturated heterocycles. The molecule has 1 fully saturated rings. The average Bonchev–Trinajstić information content (AvgIpc) is 2.89. The summed E-state index contributed by atoms with van der Waals surface area (Å²) in [7, 11) is 0. The van der Waals surface area contributed by atoms with Crippen LogP contribution in [0.1, 0.15) is 29.8 Å². The van der Waals surface area contributed by atoms with Crippen LogP contribution in [0, 0.1) is 6.92 Å². The van der Waals surface area contributed by atoms with Gasteiger partial charge in [0.2, 0.25) is 6.29 Å². The Bertz CT molecular complexity index is 758. The van der Waals surface area contributed by atoms with Crippen molar-refractivity contribution in [3.63, 3.8) is 0 Å². The third-order valence-electron chi connectivity index (χ3n) is 3.73. The van der Waals surface area contributed by atoms with E-state index in [1.54, 1.807) is 24.3 Å². The Morgan fingerprint density at radius 3 is 2.33 bits per heavy atom. The van der Waals surface area contributed by atoms with Crippen LogP contribution >= 0.6 is 0 Å². The van der Waals surface area contributed by atoms with Crippen LogP contribution in [0.15, 0.2) is 29.4 Å². The van der Waals surface area contributed by atoms with E-state index in [-0.39, 0.29) is 6.61 Å². The van der Waals surface area contributed by atoms with Gasteiger partial charge in [0.05, 0.1) is 5.56 Å². The fourth-order valence-electron chi connectivity index (χ4n) is 2.55. The molecule has 144 valence electrons. The average molecular weight is 377 g/mol. The molecule has 0 saturated carbocycles. The topological polar surface area (TPSA) is 137 Å². The van der Waals surface area contributed by atoms with Crippen molar-refractivity contribution in [3.05, 3.63) is 45.8 Å². The summed E-state index contributed by atoms with van der Waals surface area (Å²) >= 11 is 0. The van der Waals surface area contributed by atoms with Crippen LogP contribution in [0.4, 0.5) is 0 Å². The fraction of sp³-hybridized carbons (Fsp3) is 0.471. The number of hydrogen-bond donors (Lipinski definition) is 0. The minimum Gasteiger partial charge on any atom is -0.459 e. The molecule has 1 aliphatic rings. The van der Waals surface area contributed by atoms with Gasteiger partial charge >= 0.3 is 17.9 Å².